The summed E-state index contributed by atoms with van der Waals surface area (Å²) < 4.78 is 16.4. The van der Waals surface area contributed by atoms with Gasteiger partial charge in [-0.05, 0) is 39.3 Å². The van der Waals surface area contributed by atoms with Gasteiger partial charge in [-0.3, -0.25) is 0 Å². The molecule has 0 spiro atoms. The highest BCUT2D eigenvalue weighted by atomic mass is 79.9. The fraction of sp³-hybridized carbons (Fsp3) is 0.562. The van der Waals surface area contributed by atoms with Crippen LogP contribution < -0.4 is 5.32 Å². The Hall–Kier alpha value is -1.27. The zero-order chi connectivity index (χ0) is 17.3. The van der Waals surface area contributed by atoms with E-state index in [1.54, 1.807) is 20.3 Å². The van der Waals surface area contributed by atoms with E-state index in [1.165, 1.54) is 0 Å². The van der Waals surface area contributed by atoms with Crippen LogP contribution in [0, 0.1) is 0 Å². The lowest BCUT2D eigenvalue weighted by molar-refractivity contribution is 0.0484. The second kappa shape index (κ2) is 9.69. The number of carbonyl (C=O) groups excluding carboxylic acids is 1. The van der Waals surface area contributed by atoms with Crippen LogP contribution in [-0.4, -0.2) is 38.6 Å². The molecule has 0 saturated heterocycles. The van der Waals surface area contributed by atoms with E-state index in [4.69, 9.17) is 14.2 Å². The summed E-state index contributed by atoms with van der Waals surface area (Å²) in [6.45, 7) is 11.3. The minimum Gasteiger partial charge on any atom is -0.501 e. The third-order valence-electron chi connectivity index (χ3n) is 2.54. The first-order valence-electron chi connectivity index (χ1n) is 6.87. The van der Waals surface area contributed by atoms with Crippen molar-refractivity contribution in [3.05, 3.63) is 34.5 Å². The summed E-state index contributed by atoms with van der Waals surface area (Å²) in [6, 6.07) is -0.405. The molecule has 0 heterocycles. The monoisotopic (exact) mass is 375 g/mol. The molecule has 126 valence electrons. The fourth-order valence-electron chi connectivity index (χ4n) is 1.56. The highest BCUT2D eigenvalue weighted by Crippen LogP contribution is 2.21. The molecule has 0 aromatic carbocycles. The maximum atomic E-state index is 12.0. The SMILES string of the molecule is C=C/C(Br)=C(\C=C(/C)OC)C(COC)NC(=O)OC(C)(C)C. The number of halogens is 1. The number of alkyl carbamates (subject to hydrolysis) is 1. The third kappa shape index (κ3) is 8.24. The number of carbonyl (C=O) groups is 1. The van der Waals surface area contributed by atoms with Crippen molar-refractivity contribution in [3.63, 3.8) is 0 Å². The van der Waals surface area contributed by atoms with Gasteiger partial charge in [0.1, 0.15) is 5.60 Å². The molecule has 0 rings (SSSR count). The van der Waals surface area contributed by atoms with Crippen molar-refractivity contribution >= 4 is 22.0 Å². The summed E-state index contributed by atoms with van der Waals surface area (Å²) in [4.78, 5) is 12.0. The predicted molar refractivity (Wildman–Crippen MR) is 91.9 cm³/mol. The van der Waals surface area contributed by atoms with Gasteiger partial charge in [0, 0.05) is 11.6 Å². The lowest BCUT2D eigenvalue weighted by Crippen LogP contribution is -2.42. The molecule has 0 saturated carbocycles. The molecular weight excluding hydrogens is 350 g/mol. The zero-order valence-electron chi connectivity index (χ0n) is 14.2. The quantitative estimate of drug-likeness (QED) is 0.541. The first-order valence-corrected chi connectivity index (χ1v) is 7.66. The Kier molecular flexibility index (Phi) is 9.13. The molecule has 6 heteroatoms. The van der Waals surface area contributed by atoms with Gasteiger partial charge in [-0.2, -0.15) is 0 Å². The summed E-state index contributed by atoms with van der Waals surface area (Å²) in [6.07, 6.45) is 2.95. The summed E-state index contributed by atoms with van der Waals surface area (Å²) in [5.74, 6) is 0.695. The van der Waals surface area contributed by atoms with Gasteiger partial charge >= 0.3 is 6.09 Å². The maximum absolute atomic E-state index is 12.0. The molecule has 0 aliphatic heterocycles. The van der Waals surface area contributed by atoms with Crippen molar-refractivity contribution in [2.45, 2.75) is 39.3 Å². The average molecular weight is 376 g/mol. The number of nitrogens with one attached hydrogen (secondary N) is 1. The van der Waals surface area contributed by atoms with Gasteiger partial charge in [0.25, 0.3) is 0 Å². The van der Waals surface area contributed by atoms with Crippen LogP contribution in [0.3, 0.4) is 0 Å². The number of allylic oxidation sites excluding steroid dienone is 3. The van der Waals surface area contributed by atoms with Crippen LogP contribution in [0.15, 0.2) is 34.5 Å². The molecule has 1 amide bonds. The Balaban J connectivity index is 5.40. The molecule has 0 radical (unpaired) electrons. The highest BCUT2D eigenvalue weighted by molar-refractivity contribution is 9.11. The van der Waals surface area contributed by atoms with E-state index in [-0.39, 0.29) is 6.61 Å². The van der Waals surface area contributed by atoms with E-state index in [0.717, 1.165) is 10.1 Å². The third-order valence-corrected chi connectivity index (χ3v) is 3.32. The van der Waals surface area contributed by atoms with Crippen LogP contribution >= 0.6 is 15.9 Å². The van der Waals surface area contributed by atoms with Gasteiger partial charge in [0.05, 0.1) is 25.5 Å². The predicted octanol–water partition coefficient (Wildman–Crippen LogP) is 3.91. The van der Waals surface area contributed by atoms with Crippen molar-refractivity contribution in [2.24, 2.45) is 0 Å². The molecule has 1 unspecified atom stereocenters. The second-order valence-corrected chi connectivity index (χ2v) is 6.48. The molecule has 0 aromatic heterocycles. The highest BCUT2D eigenvalue weighted by Gasteiger charge is 2.22. The Morgan fingerprint density at radius 3 is 2.36 bits per heavy atom. The first-order chi connectivity index (χ1) is 10.1. The Bertz CT molecular complexity index is 450. The molecule has 5 nitrogen and oxygen atoms in total. The Morgan fingerprint density at radius 1 is 1.36 bits per heavy atom. The van der Waals surface area contributed by atoms with Crippen LogP contribution in [0.5, 0.6) is 0 Å². The largest absolute Gasteiger partial charge is 0.501 e. The van der Waals surface area contributed by atoms with E-state index in [1.807, 2.05) is 33.8 Å². The van der Waals surface area contributed by atoms with E-state index in [9.17, 15) is 4.79 Å². The van der Waals surface area contributed by atoms with Crippen molar-refractivity contribution in [1.82, 2.24) is 5.32 Å². The lowest BCUT2D eigenvalue weighted by atomic mass is 10.1. The molecule has 0 bridgehead atoms. The Labute approximate surface area is 141 Å². The fourth-order valence-corrected chi connectivity index (χ4v) is 1.95. The first kappa shape index (κ1) is 20.7. The van der Waals surface area contributed by atoms with Gasteiger partial charge in [-0.25, -0.2) is 4.79 Å². The molecular formula is C16H26BrNO4. The van der Waals surface area contributed by atoms with Crippen molar-refractivity contribution in [2.75, 3.05) is 20.8 Å². The molecule has 0 aliphatic carbocycles. The lowest BCUT2D eigenvalue weighted by Gasteiger charge is -2.24. The van der Waals surface area contributed by atoms with Crippen LogP contribution in [-0.2, 0) is 14.2 Å². The van der Waals surface area contributed by atoms with E-state index in [0.29, 0.717) is 5.76 Å². The van der Waals surface area contributed by atoms with Crippen molar-refractivity contribution in [3.8, 4) is 0 Å². The van der Waals surface area contributed by atoms with Crippen LogP contribution in [0.1, 0.15) is 27.7 Å². The number of rotatable bonds is 7. The molecule has 0 aliphatic rings. The van der Waals surface area contributed by atoms with Gasteiger partial charge in [-0.15, -0.1) is 0 Å². The number of amides is 1. The van der Waals surface area contributed by atoms with E-state index in [2.05, 4.69) is 27.8 Å². The molecule has 1 atom stereocenters. The standard InChI is InChI=1S/C16H26BrNO4/c1-8-13(17)12(9-11(2)21-7)14(10-20-6)18-15(19)22-16(3,4)5/h8-9,14H,1,10H2,2-7H3,(H,18,19)/b11-9+,13-12-. The smallest absolute Gasteiger partial charge is 0.408 e. The summed E-state index contributed by atoms with van der Waals surface area (Å²) >= 11 is 3.44. The number of methoxy groups -OCH3 is 2. The number of hydrogen-bond donors (Lipinski definition) is 1. The van der Waals surface area contributed by atoms with E-state index < -0.39 is 17.7 Å². The van der Waals surface area contributed by atoms with Crippen LogP contribution in [0.2, 0.25) is 0 Å². The van der Waals surface area contributed by atoms with Gasteiger partial charge in [0.2, 0.25) is 0 Å². The second-order valence-electron chi connectivity index (χ2n) is 5.62. The number of hydrogen-bond acceptors (Lipinski definition) is 4. The molecule has 22 heavy (non-hydrogen) atoms. The zero-order valence-corrected chi connectivity index (χ0v) is 15.7. The minimum atomic E-state index is -0.570. The van der Waals surface area contributed by atoms with Gasteiger partial charge in [-0.1, -0.05) is 28.6 Å². The molecule has 1 N–H and O–H groups in total. The van der Waals surface area contributed by atoms with Crippen molar-refractivity contribution < 1.29 is 19.0 Å². The molecule has 0 aromatic rings. The minimum absolute atomic E-state index is 0.283. The maximum Gasteiger partial charge on any atom is 0.408 e. The summed E-state index contributed by atoms with van der Waals surface area (Å²) in [5, 5.41) is 2.80. The normalized spacial score (nSPS) is 14.8. The topological polar surface area (TPSA) is 56.8 Å². The van der Waals surface area contributed by atoms with E-state index >= 15 is 0 Å². The molecule has 0 fully saturated rings. The average Bonchev–Trinajstić information content (AvgIpc) is 2.41. The van der Waals surface area contributed by atoms with Gasteiger partial charge in [0.15, 0.2) is 0 Å². The van der Waals surface area contributed by atoms with Gasteiger partial charge < -0.3 is 19.5 Å². The van der Waals surface area contributed by atoms with Crippen LogP contribution in [0.4, 0.5) is 4.79 Å². The Morgan fingerprint density at radius 2 is 1.95 bits per heavy atom. The van der Waals surface area contributed by atoms with Crippen molar-refractivity contribution in [1.29, 1.82) is 0 Å². The number of ether oxygens (including phenoxy) is 3. The summed E-state index contributed by atoms with van der Waals surface area (Å²) in [7, 11) is 3.15. The summed E-state index contributed by atoms with van der Waals surface area (Å²) in [5.41, 5.74) is 0.210. The van der Waals surface area contributed by atoms with Crippen LogP contribution in [0.25, 0.3) is 0 Å².